The number of alkyl halides is 1. The van der Waals surface area contributed by atoms with Gasteiger partial charge in [0.2, 0.25) is 5.91 Å². The number of thioether (sulfide) groups is 1. The Morgan fingerprint density at radius 1 is 1.82 bits per heavy atom. The number of rotatable bonds is 3. The highest BCUT2D eigenvalue weighted by molar-refractivity contribution is 7.99. The van der Waals surface area contributed by atoms with Gasteiger partial charge in [-0.25, -0.2) is 4.39 Å². The average Bonchev–Trinajstić information content (AvgIpc) is 2.66. The lowest BCUT2D eigenvalue weighted by Crippen LogP contribution is -2.31. The normalized spacial score (nSPS) is 31.2. The maximum absolute atomic E-state index is 12.3. The topological polar surface area (TPSA) is 29.1 Å². The number of hydrogen-bond acceptors (Lipinski definition) is 2. The van der Waals surface area contributed by atoms with E-state index >= 15 is 0 Å². The zero-order valence-corrected chi connectivity index (χ0v) is 7.45. The molecule has 0 aromatic heterocycles. The molecule has 0 saturated heterocycles. The van der Waals surface area contributed by atoms with Gasteiger partial charge in [0.05, 0.1) is 11.3 Å². The minimum absolute atomic E-state index is 0.0929. The van der Waals surface area contributed by atoms with Crippen molar-refractivity contribution in [2.75, 3.05) is 6.26 Å². The molecule has 1 amide bonds. The molecule has 0 aliphatic heterocycles. The first-order valence-electron chi connectivity index (χ1n) is 3.62. The van der Waals surface area contributed by atoms with Crippen molar-refractivity contribution in [2.45, 2.75) is 24.9 Å². The van der Waals surface area contributed by atoms with E-state index in [2.05, 4.69) is 5.32 Å². The molecule has 0 bridgehead atoms. The van der Waals surface area contributed by atoms with Crippen LogP contribution in [0.1, 0.15) is 13.3 Å². The van der Waals surface area contributed by atoms with Gasteiger partial charge in [-0.2, -0.15) is 0 Å². The molecule has 0 heterocycles. The SMILES string of the molecule is CSC(C)NC(=O)C1CC1F. The van der Waals surface area contributed by atoms with E-state index in [4.69, 9.17) is 0 Å². The summed E-state index contributed by atoms with van der Waals surface area (Å²) in [5.41, 5.74) is 0. The van der Waals surface area contributed by atoms with E-state index in [9.17, 15) is 9.18 Å². The highest BCUT2D eigenvalue weighted by Crippen LogP contribution is 2.33. The van der Waals surface area contributed by atoms with E-state index in [1.807, 2.05) is 13.2 Å². The number of carbonyl (C=O) groups excluding carboxylic acids is 1. The van der Waals surface area contributed by atoms with Crippen LogP contribution >= 0.6 is 11.8 Å². The fraction of sp³-hybridized carbons (Fsp3) is 0.857. The number of amides is 1. The lowest BCUT2D eigenvalue weighted by molar-refractivity contribution is -0.122. The van der Waals surface area contributed by atoms with Gasteiger partial charge in [0.25, 0.3) is 0 Å². The largest absolute Gasteiger partial charge is 0.344 e. The molecule has 3 unspecified atom stereocenters. The van der Waals surface area contributed by atoms with E-state index in [1.165, 1.54) is 0 Å². The Balaban J connectivity index is 2.21. The molecule has 1 aliphatic carbocycles. The first-order valence-corrected chi connectivity index (χ1v) is 4.91. The maximum Gasteiger partial charge on any atom is 0.227 e. The summed E-state index contributed by atoms with van der Waals surface area (Å²) < 4.78 is 12.3. The van der Waals surface area contributed by atoms with Crippen molar-refractivity contribution in [3.05, 3.63) is 0 Å². The smallest absolute Gasteiger partial charge is 0.227 e. The molecule has 64 valence electrons. The number of nitrogens with one attached hydrogen (secondary N) is 1. The Morgan fingerprint density at radius 2 is 2.36 bits per heavy atom. The summed E-state index contributed by atoms with van der Waals surface area (Å²) in [5.74, 6) is -0.496. The monoisotopic (exact) mass is 177 g/mol. The third kappa shape index (κ3) is 2.36. The summed E-state index contributed by atoms with van der Waals surface area (Å²) >= 11 is 1.55. The lowest BCUT2D eigenvalue weighted by atomic mass is 10.4. The molecule has 0 aromatic rings. The summed E-state index contributed by atoms with van der Waals surface area (Å²) in [6.45, 7) is 1.89. The second-order valence-electron chi connectivity index (χ2n) is 2.74. The van der Waals surface area contributed by atoms with Crippen molar-refractivity contribution >= 4 is 17.7 Å². The van der Waals surface area contributed by atoms with Gasteiger partial charge in [0.15, 0.2) is 0 Å². The van der Waals surface area contributed by atoms with Crippen molar-refractivity contribution in [3.63, 3.8) is 0 Å². The van der Waals surface area contributed by atoms with Crippen molar-refractivity contribution in [1.29, 1.82) is 0 Å². The van der Waals surface area contributed by atoms with Crippen molar-refractivity contribution in [1.82, 2.24) is 5.32 Å². The van der Waals surface area contributed by atoms with Crippen LogP contribution in [0.5, 0.6) is 0 Å². The van der Waals surface area contributed by atoms with Crippen molar-refractivity contribution < 1.29 is 9.18 Å². The van der Waals surface area contributed by atoms with Crippen LogP contribution < -0.4 is 5.32 Å². The first kappa shape index (κ1) is 8.84. The zero-order valence-electron chi connectivity index (χ0n) is 6.63. The van der Waals surface area contributed by atoms with Gasteiger partial charge in [0.1, 0.15) is 6.17 Å². The fourth-order valence-electron chi connectivity index (χ4n) is 0.802. The molecule has 4 heteroatoms. The third-order valence-corrected chi connectivity index (χ3v) is 2.57. The Bertz CT molecular complexity index is 165. The molecule has 1 N–H and O–H groups in total. The van der Waals surface area contributed by atoms with Crippen LogP contribution in [0.4, 0.5) is 4.39 Å². The molecule has 0 aromatic carbocycles. The number of halogens is 1. The Hall–Kier alpha value is -0.250. The van der Waals surface area contributed by atoms with Gasteiger partial charge < -0.3 is 5.32 Å². The predicted molar refractivity (Wildman–Crippen MR) is 44.1 cm³/mol. The van der Waals surface area contributed by atoms with Crippen molar-refractivity contribution in [2.24, 2.45) is 5.92 Å². The van der Waals surface area contributed by atoms with Crippen LogP contribution in [-0.4, -0.2) is 23.7 Å². The van der Waals surface area contributed by atoms with E-state index in [1.54, 1.807) is 11.8 Å². The lowest BCUT2D eigenvalue weighted by Gasteiger charge is -2.09. The van der Waals surface area contributed by atoms with Gasteiger partial charge in [-0.15, -0.1) is 11.8 Å². The molecule has 1 aliphatic rings. The van der Waals surface area contributed by atoms with Gasteiger partial charge in [-0.3, -0.25) is 4.79 Å². The van der Waals surface area contributed by atoms with Crippen LogP contribution in [0.25, 0.3) is 0 Å². The molecule has 1 saturated carbocycles. The molecule has 3 atom stereocenters. The molecule has 1 fully saturated rings. The molecule has 1 rings (SSSR count). The summed E-state index contributed by atoms with van der Waals surface area (Å²) in [5, 5.41) is 2.80. The minimum atomic E-state index is -0.885. The molecular weight excluding hydrogens is 165 g/mol. The maximum atomic E-state index is 12.3. The predicted octanol–water partition coefficient (Wildman–Crippen LogP) is 1.17. The first-order chi connectivity index (χ1) is 5.15. The molecule has 2 nitrogen and oxygen atoms in total. The summed E-state index contributed by atoms with van der Waals surface area (Å²) in [6, 6.07) is 0. The van der Waals surface area contributed by atoms with E-state index in [-0.39, 0.29) is 17.2 Å². The van der Waals surface area contributed by atoms with Crippen LogP contribution in [0.15, 0.2) is 0 Å². The summed E-state index contributed by atoms with van der Waals surface area (Å²) in [7, 11) is 0. The van der Waals surface area contributed by atoms with Gasteiger partial charge in [0, 0.05) is 0 Å². The Morgan fingerprint density at radius 3 is 2.73 bits per heavy atom. The number of carbonyl (C=O) groups is 1. The second-order valence-corrected chi connectivity index (χ2v) is 3.92. The Kier molecular flexibility index (Phi) is 2.76. The van der Waals surface area contributed by atoms with Gasteiger partial charge in [-0.05, 0) is 19.6 Å². The standard InChI is InChI=1S/C7H12FNOS/c1-4(11-2)9-7(10)5-3-6(5)8/h4-6H,3H2,1-2H3,(H,9,10). The van der Waals surface area contributed by atoms with Crippen LogP contribution in [0.2, 0.25) is 0 Å². The fourth-order valence-corrected chi connectivity index (χ4v) is 1.04. The summed E-state index contributed by atoms with van der Waals surface area (Å²) in [6.07, 6.45) is 1.43. The van der Waals surface area contributed by atoms with E-state index < -0.39 is 6.17 Å². The van der Waals surface area contributed by atoms with Crippen molar-refractivity contribution in [3.8, 4) is 0 Å². The minimum Gasteiger partial charge on any atom is -0.344 e. The molecule has 11 heavy (non-hydrogen) atoms. The highest BCUT2D eigenvalue weighted by atomic mass is 32.2. The van der Waals surface area contributed by atoms with Crippen LogP contribution in [0, 0.1) is 5.92 Å². The van der Waals surface area contributed by atoms with Gasteiger partial charge in [-0.1, -0.05) is 0 Å². The average molecular weight is 177 g/mol. The summed E-state index contributed by atoms with van der Waals surface area (Å²) in [4.78, 5) is 11.0. The zero-order chi connectivity index (χ0) is 8.43. The van der Waals surface area contributed by atoms with Crippen LogP contribution in [0.3, 0.4) is 0 Å². The van der Waals surface area contributed by atoms with E-state index in [0.29, 0.717) is 6.42 Å². The molecule has 0 radical (unpaired) electrons. The Labute approximate surface area is 69.9 Å². The van der Waals surface area contributed by atoms with Gasteiger partial charge >= 0.3 is 0 Å². The number of hydrogen-bond donors (Lipinski definition) is 1. The third-order valence-electron chi connectivity index (χ3n) is 1.75. The van der Waals surface area contributed by atoms with Crippen LogP contribution in [-0.2, 0) is 4.79 Å². The van der Waals surface area contributed by atoms with E-state index in [0.717, 1.165) is 0 Å². The second kappa shape index (κ2) is 3.43. The highest BCUT2D eigenvalue weighted by Gasteiger charge is 2.43. The molecule has 0 spiro atoms. The molecular formula is C7H12FNOS. The quantitative estimate of drug-likeness (QED) is 0.656.